The van der Waals surface area contributed by atoms with E-state index in [1.165, 1.54) is 31.2 Å². The van der Waals surface area contributed by atoms with Crippen LogP contribution in [0.5, 0.6) is 0 Å². The van der Waals surface area contributed by atoms with Gasteiger partial charge in [-0.2, -0.15) is 5.26 Å². The topological polar surface area (TPSA) is 115 Å². The van der Waals surface area contributed by atoms with Gasteiger partial charge in [0, 0.05) is 61.4 Å². The van der Waals surface area contributed by atoms with Gasteiger partial charge in [0.2, 0.25) is 0 Å². The molecule has 1 aromatic carbocycles. The van der Waals surface area contributed by atoms with E-state index < -0.39 is 11.8 Å². The first-order valence-corrected chi connectivity index (χ1v) is 15.5. The van der Waals surface area contributed by atoms with E-state index in [1.54, 1.807) is 0 Å². The smallest absolute Gasteiger partial charge is 0.138 e. The lowest BCUT2D eigenvalue weighted by Gasteiger charge is -2.45. The maximum Gasteiger partial charge on any atom is 0.138 e. The van der Waals surface area contributed by atoms with Gasteiger partial charge >= 0.3 is 0 Å². The molecule has 1 aromatic heterocycles. The molecule has 5 aliphatic rings. The summed E-state index contributed by atoms with van der Waals surface area (Å²) in [6, 6.07) is 6.33. The van der Waals surface area contributed by atoms with Crippen LogP contribution in [0.2, 0.25) is 0 Å². The van der Waals surface area contributed by atoms with Crippen molar-refractivity contribution < 1.29 is 9.13 Å². The van der Waals surface area contributed by atoms with Crippen molar-refractivity contribution in [3.05, 3.63) is 45.9 Å². The number of fused-ring (bicyclic) bond motifs is 4. The van der Waals surface area contributed by atoms with Crippen LogP contribution in [-0.4, -0.2) is 52.8 Å². The van der Waals surface area contributed by atoms with Gasteiger partial charge in [-0.15, -0.1) is 0 Å². The molecular weight excluding hydrogens is 529 g/mol. The van der Waals surface area contributed by atoms with Crippen molar-refractivity contribution in [2.45, 2.75) is 108 Å². The minimum atomic E-state index is -0.551. The minimum Gasteiger partial charge on any atom is -0.398 e. The zero-order chi connectivity index (χ0) is 30.1. The van der Waals surface area contributed by atoms with E-state index in [1.807, 2.05) is 6.07 Å². The van der Waals surface area contributed by atoms with Crippen LogP contribution < -0.4 is 10.6 Å². The summed E-state index contributed by atoms with van der Waals surface area (Å²) in [6.07, 6.45) is 8.50. The normalized spacial score (nSPS) is 29.4. The molecule has 42 heavy (non-hydrogen) atoms. The molecule has 0 radical (unpaired) electrons. The third kappa shape index (κ3) is 5.34. The molecule has 224 valence electrons. The Bertz CT molecular complexity index is 1370. The highest BCUT2D eigenvalue weighted by atomic mass is 19.1. The van der Waals surface area contributed by atoms with Gasteiger partial charge in [0.1, 0.15) is 29.5 Å². The van der Waals surface area contributed by atoms with Crippen LogP contribution >= 0.6 is 0 Å². The number of hydrogen-bond acceptors (Lipinski definition) is 8. The van der Waals surface area contributed by atoms with Crippen LogP contribution in [0, 0.1) is 23.2 Å². The third-order valence-electron chi connectivity index (χ3n) is 10.1. The molecule has 0 saturated carbocycles. The number of hydrogen-bond donors (Lipinski definition) is 1. The zero-order valence-corrected chi connectivity index (χ0v) is 25.3. The minimum absolute atomic E-state index is 0.236. The molecular formula is C33H44FN7O. The van der Waals surface area contributed by atoms with E-state index in [0.29, 0.717) is 36.7 Å². The molecule has 8 nitrogen and oxygen atoms in total. The van der Waals surface area contributed by atoms with Crippen molar-refractivity contribution in [3.63, 3.8) is 0 Å². The predicted octanol–water partition coefficient (Wildman–Crippen LogP) is 5.68. The number of alkyl halides is 1. The van der Waals surface area contributed by atoms with Crippen LogP contribution in [0.1, 0.15) is 105 Å². The van der Waals surface area contributed by atoms with Gasteiger partial charge in [-0.1, -0.05) is 19.9 Å². The molecule has 9 heteroatoms. The first kappa shape index (κ1) is 30.2. The molecule has 7 rings (SSSR count). The Labute approximate surface area is 249 Å². The number of rotatable bonds is 2. The lowest BCUT2D eigenvalue weighted by Crippen LogP contribution is -2.42. The lowest BCUT2D eigenvalue weighted by atomic mass is 9.69. The van der Waals surface area contributed by atoms with Crippen molar-refractivity contribution in [3.8, 4) is 12.6 Å². The second kappa shape index (κ2) is 12.1. The van der Waals surface area contributed by atoms with Crippen LogP contribution in [0.3, 0.4) is 0 Å². The summed E-state index contributed by atoms with van der Waals surface area (Å²) < 4.78 is 19.5. The highest BCUT2D eigenvalue weighted by Gasteiger charge is 2.46. The van der Waals surface area contributed by atoms with E-state index in [-0.39, 0.29) is 5.54 Å². The number of nitrogens with zero attached hydrogens (tertiary/aromatic N) is 6. The van der Waals surface area contributed by atoms with Gasteiger partial charge in [-0.05, 0) is 76.0 Å². The van der Waals surface area contributed by atoms with Crippen LogP contribution in [-0.2, 0) is 29.8 Å². The first-order chi connectivity index (χ1) is 20.3. The number of halogens is 1. The summed E-state index contributed by atoms with van der Waals surface area (Å²) in [5, 5.41) is 16.4. The van der Waals surface area contributed by atoms with Gasteiger partial charge in [0.15, 0.2) is 0 Å². The van der Waals surface area contributed by atoms with E-state index in [9.17, 15) is 9.65 Å². The van der Waals surface area contributed by atoms with E-state index in [2.05, 4.69) is 49.3 Å². The quantitative estimate of drug-likeness (QED) is 0.456. The average molecular weight is 574 g/mol. The molecule has 1 aliphatic carbocycles. The van der Waals surface area contributed by atoms with E-state index in [4.69, 9.17) is 25.7 Å². The summed E-state index contributed by atoms with van der Waals surface area (Å²) in [6.45, 7) is 14.4. The Hall–Kier alpha value is -3.27. The summed E-state index contributed by atoms with van der Waals surface area (Å²) in [5.74, 6) is 2.34. The second-order valence-corrected chi connectivity index (χ2v) is 12.8. The maximum atomic E-state index is 12.8. The van der Waals surface area contributed by atoms with Crippen molar-refractivity contribution >= 4 is 11.5 Å². The second-order valence-electron chi connectivity index (χ2n) is 12.8. The largest absolute Gasteiger partial charge is 0.398 e. The fourth-order valence-electron chi connectivity index (χ4n) is 7.85. The molecule has 2 N–H and O–H groups in total. The van der Waals surface area contributed by atoms with Gasteiger partial charge in [-0.3, -0.25) is 4.90 Å². The Morgan fingerprint density at radius 3 is 2.62 bits per heavy atom. The molecule has 0 bridgehead atoms. The molecule has 4 unspecified atom stereocenters. The highest BCUT2D eigenvalue weighted by molar-refractivity contribution is 5.64. The number of nitriles is 2. The fraction of sp³-hybridized carbons (Fsp3) is 0.636. The van der Waals surface area contributed by atoms with E-state index in [0.717, 1.165) is 73.8 Å². The zero-order valence-electron chi connectivity index (χ0n) is 25.3. The standard InChI is InChI=1S/C24H29N5O.C8H14FN.CHN/c1-3-21-27-20-12-24(30-14-18(20)23(28-21)29-10-4-5-11-29)9-8-15(2)16-6-7-19(26)17(13-25)22(16)24;1-8-3-2-4-10(8)6-7(9)5-8;1-2/h6-7,15H,3-5,8-12,14,26H2,1-2H3;7H,2-6H2,1H3;1H. The van der Waals surface area contributed by atoms with Gasteiger partial charge in [-0.25, -0.2) is 19.6 Å². The number of nitrogen functional groups attached to an aromatic ring is 1. The van der Waals surface area contributed by atoms with Crippen molar-refractivity contribution in [1.82, 2.24) is 14.9 Å². The SMILES string of the molecule is C#N.CC12CCCN1CC(F)C2.CCc1nc2c(c(N3CCCC3)n1)COC1(CCC(C)c3ccc(N)c(C#N)c31)C2. The molecule has 4 atom stereocenters. The molecule has 0 amide bonds. The van der Waals surface area contributed by atoms with Crippen molar-refractivity contribution in [1.29, 1.82) is 10.5 Å². The van der Waals surface area contributed by atoms with Gasteiger partial charge < -0.3 is 15.4 Å². The fourth-order valence-corrected chi connectivity index (χ4v) is 7.85. The van der Waals surface area contributed by atoms with Crippen LogP contribution in [0.15, 0.2) is 12.1 Å². The molecule has 3 fully saturated rings. The van der Waals surface area contributed by atoms with Gasteiger partial charge in [0.05, 0.1) is 17.9 Å². The van der Waals surface area contributed by atoms with Crippen molar-refractivity contribution in [2.75, 3.05) is 36.8 Å². The van der Waals surface area contributed by atoms with Crippen LogP contribution in [0.4, 0.5) is 15.9 Å². The number of anilines is 2. The maximum absolute atomic E-state index is 12.8. The monoisotopic (exact) mass is 573 g/mol. The van der Waals surface area contributed by atoms with Crippen LogP contribution in [0.25, 0.3) is 0 Å². The third-order valence-corrected chi connectivity index (χ3v) is 10.1. The Morgan fingerprint density at radius 2 is 1.93 bits per heavy atom. The number of aryl methyl sites for hydroxylation is 1. The Balaban J connectivity index is 0.000000245. The lowest BCUT2D eigenvalue weighted by molar-refractivity contribution is -0.0872. The predicted molar refractivity (Wildman–Crippen MR) is 162 cm³/mol. The summed E-state index contributed by atoms with van der Waals surface area (Å²) >= 11 is 0. The number of ether oxygens (including phenoxy) is 1. The highest BCUT2D eigenvalue weighted by Crippen LogP contribution is 2.51. The summed E-state index contributed by atoms with van der Waals surface area (Å²) in [7, 11) is 0. The molecule has 5 heterocycles. The molecule has 1 spiro atoms. The Kier molecular flexibility index (Phi) is 8.73. The summed E-state index contributed by atoms with van der Waals surface area (Å²) in [5.41, 5.74) is 11.4. The number of benzene rings is 1. The van der Waals surface area contributed by atoms with Gasteiger partial charge in [0.25, 0.3) is 0 Å². The molecule has 4 aliphatic heterocycles. The number of nitrogens with two attached hydrogens (primary N) is 1. The first-order valence-electron chi connectivity index (χ1n) is 15.5. The number of aromatic nitrogens is 2. The summed E-state index contributed by atoms with van der Waals surface area (Å²) in [4.78, 5) is 14.5. The molecule has 3 saturated heterocycles. The van der Waals surface area contributed by atoms with Crippen molar-refractivity contribution in [2.24, 2.45) is 0 Å². The molecule has 2 aromatic rings. The Morgan fingerprint density at radius 1 is 1.17 bits per heavy atom. The average Bonchev–Trinajstić information content (AvgIpc) is 3.72. The van der Waals surface area contributed by atoms with E-state index >= 15 is 0 Å².